The van der Waals surface area contributed by atoms with Gasteiger partial charge in [0.15, 0.2) is 0 Å². The lowest BCUT2D eigenvalue weighted by atomic mass is 9.93. The number of urea groups is 1. The number of piperazine rings is 1. The quantitative estimate of drug-likeness (QED) is 0.0757. The second kappa shape index (κ2) is 25.5. The summed E-state index contributed by atoms with van der Waals surface area (Å²) in [5, 5.41) is 5.44. The fraction of sp³-hybridized carbons (Fsp3) is 0.403. The van der Waals surface area contributed by atoms with Gasteiger partial charge in [-0.25, -0.2) is 14.2 Å². The molecule has 4 aliphatic rings. The normalized spacial score (nSPS) is 18.0. The number of nitrogen functional groups attached to an aromatic ring is 1. The van der Waals surface area contributed by atoms with Crippen molar-refractivity contribution in [3.05, 3.63) is 153 Å². The number of benzene rings is 4. The van der Waals surface area contributed by atoms with Crippen molar-refractivity contribution < 1.29 is 42.5 Å². The van der Waals surface area contributed by atoms with Crippen LogP contribution in [0.25, 0.3) is 11.1 Å². The zero-order valence-electron chi connectivity index (χ0n) is 47.1. The monoisotopic (exact) mass is 1140 g/mol. The number of amides is 4. The van der Waals surface area contributed by atoms with Crippen LogP contribution in [0.5, 0.6) is 11.5 Å². The van der Waals surface area contributed by atoms with Crippen molar-refractivity contribution in [1.29, 1.82) is 0 Å². The molecule has 2 saturated heterocycles. The molecule has 0 aliphatic carbocycles. The van der Waals surface area contributed by atoms with Crippen LogP contribution in [0.4, 0.5) is 20.7 Å². The third kappa shape index (κ3) is 12.8. The minimum Gasteiger partial charge on any atom is -0.497 e. The van der Waals surface area contributed by atoms with Gasteiger partial charge in [0.1, 0.15) is 47.3 Å². The van der Waals surface area contributed by atoms with E-state index in [4.69, 9.17) is 46.4 Å². The lowest BCUT2D eigenvalue weighted by Gasteiger charge is -2.38. The Labute approximate surface area is 482 Å². The molecule has 6 aromatic rings. The number of carbonyl (C=O) groups is 4. The Bertz CT molecular complexity index is 3340. The second-order valence-corrected chi connectivity index (χ2v) is 22.0. The number of hydrogen-bond acceptors (Lipinski definition) is 13. The number of ketones is 1. The Morgan fingerprint density at radius 2 is 1.60 bits per heavy atom. The number of anilines is 2. The maximum atomic E-state index is 15.1. The molecule has 4 aromatic carbocycles. The molecule has 6 heterocycles. The molecule has 2 aromatic heterocycles. The van der Waals surface area contributed by atoms with Crippen LogP contribution < -0.4 is 20.1 Å². The van der Waals surface area contributed by atoms with Crippen molar-refractivity contribution in [2.24, 2.45) is 4.99 Å². The van der Waals surface area contributed by atoms with Gasteiger partial charge < -0.3 is 44.3 Å². The van der Waals surface area contributed by atoms with Gasteiger partial charge in [0.2, 0.25) is 5.91 Å². The first-order chi connectivity index (χ1) is 39.6. The SMILES string of the molecule is COc1ccc(C2=N[C@@H](c3ccc(C)cc3)[C@@H](c3ccc(Cl)cc3)N2C(=O)N2CCN(CCOCCOCCC(=O)CCCn3cc4c(n3)CN(C)C(=O)c3ccc(F)cc3[C@H]3CCCN3c3cc-4cnc3N)C(=O)C2)c(OC(C)C)c1. The van der Waals surface area contributed by atoms with E-state index in [2.05, 4.69) is 9.88 Å². The molecule has 82 heavy (non-hydrogen) atoms. The number of aryl methyl sites for hydroxylation is 2. The number of pyridine rings is 1. The molecule has 0 unspecified atom stereocenters. The number of rotatable bonds is 19. The Morgan fingerprint density at radius 3 is 2.35 bits per heavy atom. The van der Waals surface area contributed by atoms with E-state index in [9.17, 15) is 18.8 Å². The number of nitrogens with zero attached hydrogens (tertiary/aromatic N) is 9. The number of Topliss-reactive ketones (excluding diaryl/α,β-unsaturated/α-hetero) is 1. The van der Waals surface area contributed by atoms with E-state index >= 15 is 4.79 Å². The Kier molecular flexibility index (Phi) is 17.8. The van der Waals surface area contributed by atoms with Crippen molar-refractivity contribution in [2.75, 3.05) is 83.9 Å². The van der Waals surface area contributed by atoms with Crippen LogP contribution in [-0.2, 0) is 32.2 Å². The molecule has 2 N–H and O–H groups in total. The van der Waals surface area contributed by atoms with Crippen LogP contribution in [0.1, 0.15) is 108 Å². The smallest absolute Gasteiger partial charge is 0.326 e. The molecule has 10 rings (SSSR count). The van der Waals surface area contributed by atoms with Crippen LogP contribution in [0.15, 0.2) is 108 Å². The van der Waals surface area contributed by atoms with Crippen molar-refractivity contribution in [1.82, 2.24) is 34.4 Å². The Hall–Kier alpha value is -7.87. The molecular formula is C62H70ClFN10O8. The van der Waals surface area contributed by atoms with Crippen LogP contribution in [0.3, 0.4) is 0 Å². The number of nitrogens with two attached hydrogens (primary N) is 1. The molecule has 4 amide bonds. The maximum absolute atomic E-state index is 15.1. The number of aliphatic imine (C=N–C) groups is 1. The largest absolute Gasteiger partial charge is 0.497 e. The topological polar surface area (TPSA) is 190 Å². The van der Waals surface area contributed by atoms with Crippen molar-refractivity contribution in [3.63, 3.8) is 0 Å². The highest BCUT2D eigenvalue weighted by atomic mass is 35.5. The number of amidine groups is 1. The maximum Gasteiger partial charge on any atom is 0.326 e. The van der Waals surface area contributed by atoms with E-state index in [0.717, 1.165) is 46.3 Å². The molecule has 430 valence electrons. The van der Waals surface area contributed by atoms with Crippen molar-refractivity contribution >= 4 is 52.6 Å². The fourth-order valence-corrected chi connectivity index (χ4v) is 11.4. The van der Waals surface area contributed by atoms with Gasteiger partial charge in [-0.3, -0.25) is 29.0 Å². The first-order valence-electron chi connectivity index (χ1n) is 28.1. The van der Waals surface area contributed by atoms with Crippen LogP contribution in [-0.4, -0.2) is 143 Å². The lowest BCUT2D eigenvalue weighted by molar-refractivity contribution is -0.135. The summed E-state index contributed by atoms with van der Waals surface area (Å²) in [5.41, 5.74) is 14.0. The summed E-state index contributed by atoms with van der Waals surface area (Å²) in [6.07, 6.45) is 6.15. The summed E-state index contributed by atoms with van der Waals surface area (Å²) >= 11 is 6.40. The summed E-state index contributed by atoms with van der Waals surface area (Å²) in [6, 6.07) is 25.7. The summed E-state index contributed by atoms with van der Waals surface area (Å²) in [7, 11) is 3.31. The highest BCUT2D eigenvalue weighted by Crippen LogP contribution is 2.47. The third-order valence-electron chi connectivity index (χ3n) is 15.5. The first-order valence-corrected chi connectivity index (χ1v) is 28.4. The van der Waals surface area contributed by atoms with Gasteiger partial charge in [-0.1, -0.05) is 53.6 Å². The highest BCUT2D eigenvalue weighted by molar-refractivity contribution is 6.30. The highest BCUT2D eigenvalue weighted by Gasteiger charge is 2.46. The molecule has 3 atom stereocenters. The number of ether oxygens (including phenoxy) is 4. The molecule has 4 aliphatic heterocycles. The molecule has 0 radical (unpaired) electrons. The standard InChI is InChI=1S/C62H70ClFN10O8/c1-39(2)82-55-34-47(79-5)19-21-49(55)60-67-57(41-12-10-40(3)11-13-41)58(42-14-16-44(63)17-15-42)74(60)62(78)71-26-25-70(56(76)38-71)27-29-81-31-30-80-28-22-46(75)8-6-23-72-36-51-43-32-54(59(65)66-35-43)73-24-7-9-53(73)50-33-45(64)18-20-48(50)61(77)69(4)37-52(51)68-72/h10-21,32-36,39,53,57-58H,6-9,22-31,37-38H2,1-5H3,(H2,65,66)/t53-,57+,58-/m1/s1. The van der Waals surface area contributed by atoms with Gasteiger partial charge >= 0.3 is 6.03 Å². The van der Waals surface area contributed by atoms with Gasteiger partial charge in [-0.05, 0) is 105 Å². The number of carbonyl (C=O) groups excluding carboxylic acids is 4. The van der Waals surface area contributed by atoms with Crippen LogP contribution in [0.2, 0.25) is 5.02 Å². The predicted octanol–water partition coefficient (Wildman–Crippen LogP) is 9.63. The fourth-order valence-electron chi connectivity index (χ4n) is 11.3. The Morgan fingerprint density at radius 1 is 0.841 bits per heavy atom. The number of aromatic nitrogens is 3. The van der Waals surface area contributed by atoms with E-state index in [1.165, 1.54) is 12.1 Å². The predicted molar refractivity (Wildman–Crippen MR) is 311 cm³/mol. The lowest BCUT2D eigenvalue weighted by Crippen LogP contribution is -2.56. The third-order valence-corrected chi connectivity index (χ3v) is 15.7. The zero-order valence-corrected chi connectivity index (χ0v) is 47.8. The van der Waals surface area contributed by atoms with Crippen molar-refractivity contribution in [2.45, 2.75) is 90.2 Å². The number of halogens is 2. The zero-order chi connectivity index (χ0) is 57.6. The van der Waals surface area contributed by atoms with Gasteiger partial charge in [0.05, 0.1) is 75.2 Å². The van der Waals surface area contributed by atoms with E-state index in [-0.39, 0.29) is 88.3 Å². The number of hydrogen-bond donors (Lipinski definition) is 1. The molecule has 0 saturated carbocycles. The van der Waals surface area contributed by atoms with Gasteiger partial charge in [0.25, 0.3) is 5.91 Å². The molecule has 18 nitrogen and oxygen atoms in total. The Balaban J connectivity index is 0.699. The van der Waals surface area contributed by atoms with Crippen LogP contribution in [0, 0.1) is 12.7 Å². The first kappa shape index (κ1) is 57.4. The summed E-state index contributed by atoms with van der Waals surface area (Å²) < 4.78 is 40.1. The average Bonchev–Trinajstić information content (AvgIpc) is 4.33. The summed E-state index contributed by atoms with van der Waals surface area (Å²) in [4.78, 5) is 74.5. The second-order valence-electron chi connectivity index (χ2n) is 21.5. The number of methoxy groups -OCH3 is 1. The number of fused-ring (bicyclic) bond motifs is 8. The van der Waals surface area contributed by atoms with Gasteiger partial charge in [-0.15, -0.1) is 0 Å². The van der Waals surface area contributed by atoms with E-state index < -0.39 is 17.9 Å². The summed E-state index contributed by atoms with van der Waals surface area (Å²) in [5.74, 6) is 1.10. The molecule has 20 heteroatoms. The summed E-state index contributed by atoms with van der Waals surface area (Å²) in [6.45, 7) is 9.11. The average molecular weight is 1140 g/mol. The molecule has 2 fully saturated rings. The van der Waals surface area contributed by atoms with Crippen molar-refractivity contribution in [3.8, 4) is 22.6 Å². The van der Waals surface area contributed by atoms with Crippen LogP contribution >= 0.6 is 11.6 Å². The molecule has 0 spiro atoms. The van der Waals surface area contributed by atoms with Gasteiger partial charge in [0, 0.05) is 92.8 Å². The van der Waals surface area contributed by atoms with Gasteiger partial charge in [-0.2, -0.15) is 5.10 Å². The van der Waals surface area contributed by atoms with E-state index in [1.807, 2.05) is 81.6 Å². The van der Waals surface area contributed by atoms with E-state index in [0.29, 0.717) is 89.6 Å². The molecular weight excluding hydrogens is 1070 g/mol. The minimum absolute atomic E-state index is 0.0569. The minimum atomic E-state index is -0.583. The van der Waals surface area contributed by atoms with E-state index in [1.54, 1.807) is 68.9 Å². The molecule has 2 bridgehead atoms.